The zero-order valence-electron chi connectivity index (χ0n) is 8.32. The minimum Gasteiger partial charge on any atom is -0.293 e. The third-order valence-corrected chi connectivity index (χ3v) is 2.70. The Labute approximate surface area is 87.1 Å². The molecule has 1 atom stereocenters. The minimum absolute atomic E-state index is 0.224. The van der Waals surface area contributed by atoms with Crippen molar-refractivity contribution < 1.29 is 14.4 Å². The molecule has 1 aliphatic carbocycles. The van der Waals surface area contributed by atoms with Crippen LogP contribution < -0.4 is 0 Å². The van der Waals surface area contributed by atoms with Crippen LogP contribution in [0.2, 0.25) is 0 Å². The summed E-state index contributed by atoms with van der Waals surface area (Å²) in [6.07, 6.45) is 0.387. The lowest BCUT2D eigenvalue weighted by molar-refractivity contribution is -0.117. The van der Waals surface area contributed by atoms with Crippen LogP contribution in [-0.2, 0) is 4.79 Å². The smallest absolute Gasteiger partial charge is 0.230 e. The van der Waals surface area contributed by atoms with Gasteiger partial charge < -0.3 is 0 Å². The van der Waals surface area contributed by atoms with E-state index in [0.29, 0.717) is 12.0 Å². The summed E-state index contributed by atoms with van der Waals surface area (Å²) < 4.78 is 0. The molecule has 0 bridgehead atoms. The lowest BCUT2D eigenvalue weighted by Gasteiger charge is -2.19. The van der Waals surface area contributed by atoms with Crippen LogP contribution in [0.25, 0.3) is 0 Å². The van der Waals surface area contributed by atoms with E-state index in [-0.39, 0.29) is 11.3 Å². The molecule has 76 valence electrons. The molecule has 1 aromatic rings. The highest BCUT2D eigenvalue weighted by Crippen LogP contribution is 2.24. The number of hydrogen-bond donors (Lipinski definition) is 0. The number of carbonyl (C=O) groups is 3. The number of fused-ring (bicyclic) bond motifs is 1. The third kappa shape index (κ3) is 1.31. The van der Waals surface area contributed by atoms with Gasteiger partial charge in [-0.3, -0.25) is 14.4 Å². The van der Waals surface area contributed by atoms with Crippen molar-refractivity contribution >= 4 is 17.3 Å². The number of benzene rings is 1. The SMILES string of the molecule is CCC1C(=O)C(=O)c2ccccc2C1=O. The van der Waals surface area contributed by atoms with Gasteiger partial charge in [0.1, 0.15) is 0 Å². The van der Waals surface area contributed by atoms with Crippen molar-refractivity contribution in [2.75, 3.05) is 0 Å². The predicted octanol–water partition coefficient (Wildman–Crippen LogP) is 1.66. The molecule has 0 aliphatic heterocycles. The molecule has 0 radical (unpaired) electrons. The molecule has 1 aromatic carbocycles. The van der Waals surface area contributed by atoms with E-state index >= 15 is 0 Å². The first-order chi connectivity index (χ1) is 7.16. The molecule has 3 heteroatoms. The summed E-state index contributed by atoms with van der Waals surface area (Å²) in [7, 11) is 0. The molecule has 3 nitrogen and oxygen atoms in total. The molecule has 0 heterocycles. The summed E-state index contributed by atoms with van der Waals surface area (Å²) in [5.41, 5.74) is 0.631. The Morgan fingerprint density at radius 1 is 1.00 bits per heavy atom. The van der Waals surface area contributed by atoms with E-state index < -0.39 is 17.5 Å². The third-order valence-electron chi connectivity index (χ3n) is 2.70. The van der Waals surface area contributed by atoms with Crippen molar-refractivity contribution in [3.63, 3.8) is 0 Å². The van der Waals surface area contributed by atoms with Gasteiger partial charge in [0, 0.05) is 11.1 Å². The van der Waals surface area contributed by atoms with Gasteiger partial charge in [0.25, 0.3) is 0 Å². The van der Waals surface area contributed by atoms with Crippen LogP contribution >= 0.6 is 0 Å². The zero-order valence-corrected chi connectivity index (χ0v) is 8.32. The lowest BCUT2D eigenvalue weighted by Crippen LogP contribution is -2.36. The molecule has 0 fully saturated rings. The molecular weight excluding hydrogens is 192 g/mol. The predicted molar refractivity (Wildman–Crippen MR) is 53.9 cm³/mol. The highest BCUT2D eigenvalue weighted by atomic mass is 16.2. The molecule has 1 unspecified atom stereocenters. The van der Waals surface area contributed by atoms with Crippen LogP contribution in [-0.4, -0.2) is 17.3 Å². The fourth-order valence-corrected chi connectivity index (χ4v) is 1.86. The van der Waals surface area contributed by atoms with Crippen LogP contribution in [0.15, 0.2) is 24.3 Å². The first kappa shape index (κ1) is 9.77. The first-order valence-corrected chi connectivity index (χ1v) is 4.88. The molecule has 0 aromatic heterocycles. The zero-order chi connectivity index (χ0) is 11.0. The second-order valence-electron chi connectivity index (χ2n) is 3.56. The Kier molecular flexibility index (Phi) is 2.23. The molecule has 0 spiro atoms. The van der Waals surface area contributed by atoms with E-state index in [2.05, 4.69) is 0 Å². The number of hydrogen-bond acceptors (Lipinski definition) is 3. The fraction of sp³-hybridized carbons (Fsp3) is 0.250. The van der Waals surface area contributed by atoms with Crippen molar-refractivity contribution in [3.8, 4) is 0 Å². The topological polar surface area (TPSA) is 51.2 Å². The highest BCUT2D eigenvalue weighted by molar-refractivity contribution is 6.51. The van der Waals surface area contributed by atoms with Crippen LogP contribution in [0, 0.1) is 5.92 Å². The summed E-state index contributed by atoms with van der Waals surface area (Å²) in [6, 6.07) is 6.49. The average Bonchev–Trinajstić information content (AvgIpc) is 2.27. The Morgan fingerprint density at radius 2 is 1.60 bits per heavy atom. The number of rotatable bonds is 1. The van der Waals surface area contributed by atoms with Gasteiger partial charge in [-0.1, -0.05) is 31.2 Å². The largest absolute Gasteiger partial charge is 0.293 e. The second-order valence-corrected chi connectivity index (χ2v) is 3.56. The summed E-state index contributed by atoms with van der Waals surface area (Å²) in [5, 5.41) is 0. The Bertz CT molecular complexity index is 460. The van der Waals surface area contributed by atoms with Crippen LogP contribution in [0.1, 0.15) is 34.1 Å². The lowest BCUT2D eigenvalue weighted by atomic mass is 9.80. The molecular formula is C12H10O3. The standard InChI is InChI=1S/C12H10O3/c1-2-7-10(13)8-5-3-4-6-9(8)12(15)11(7)14/h3-7H,2H2,1H3. The summed E-state index contributed by atoms with van der Waals surface area (Å²) >= 11 is 0. The molecule has 0 amide bonds. The van der Waals surface area contributed by atoms with Gasteiger partial charge in [-0.05, 0) is 6.42 Å². The van der Waals surface area contributed by atoms with Crippen molar-refractivity contribution in [3.05, 3.63) is 35.4 Å². The minimum atomic E-state index is -0.771. The normalized spacial score (nSPS) is 20.3. The number of ketones is 3. The molecule has 0 saturated carbocycles. The first-order valence-electron chi connectivity index (χ1n) is 4.88. The molecule has 15 heavy (non-hydrogen) atoms. The fourth-order valence-electron chi connectivity index (χ4n) is 1.86. The Morgan fingerprint density at radius 3 is 2.20 bits per heavy atom. The van der Waals surface area contributed by atoms with Gasteiger partial charge in [0.05, 0.1) is 5.92 Å². The van der Waals surface area contributed by atoms with Crippen molar-refractivity contribution in [1.82, 2.24) is 0 Å². The maximum Gasteiger partial charge on any atom is 0.230 e. The van der Waals surface area contributed by atoms with Crippen molar-refractivity contribution in [1.29, 1.82) is 0 Å². The van der Waals surface area contributed by atoms with Crippen LogP contribution in [0.3, 0.4) is 0 Å². The average molecular weight is 202 g/mol. The quantitative estimate of drug-likeness (QED) is 0.514. The maximum absolute atomic E-state index is 11.8. The van der Waals surface area contributed by atoms with Gasteiger partial charge in [0.15, 0.2) is 5.78 Å². The molecule has 0 saturated heterocycles. The van der Waals surface area contributed by atoms with E-state index in [4.69, 9.17) is 0 Å². The summed E-state index contributed by atoms with van der Waals surface area (Å²) in [4.78, 5) is 35.0. The molecule has 2 rings (SSSR count). The van der Waals surface area contributed by atoms with E-state index in [0.717, 1.165) is 0 Å². The van der Waals surface area contributed by atoms with Crippen molar-refractivity contribution in [2.45, 2.75) is 13.3 Å². The van der Waals surface area contributed by atoms with Gasteiger partial charge in [-0.25, -0.2) is 0 Å². The van der Waals surface area contributed by atoms with Crippen LogP contribution in [0.4, 0.5) is 0 Å². The van der Waals surface area contributed by atoms with Gasteiger partial charge in [0.2, 0.25) is 11.6 Å². The number of Topliss-reactive ketones (excluding diaryl/α,β-unsaturated/α-hetero) is 3. The van der Waals surface area contributed by atoms with Gasteiger partial charge in [-0.15, -0.1) is 0 Å². The van der Waals surface area contributed by atoms with E-state index in [1.54, 1.807) is 25.1 Å². The molecule has 0 N–H and O–H groups in total. The van der Waals surface area contributed by atoms with Crippen molar-refractivity contribution in [2.24, 2.45) is 5.92 Å². The molecule has 1 aliphatic rings. The second kappa shape index (κ2) is 3.42. The van der Waals surface area contributed by atoms with Gasteiger partial charge in [-0.2, -0.15) is 0 Å². The summed E-state index contributed by atoms with van der Waals surface area (Å²) in [6.45, 7) is 1.74. The van der Waals surface area contributed by atoms with E-state index in [9.17, 15) is 14.4 Å². The Balaban J connectivity index is 2.62. The summed E-state index contributed by atoms with van der Waals surface area (Å²) in [5.74, 6) is -2.09. The number of carbonyl (C=O) groups excluding carboxylic acids is 3. The monoisotopic (exact) mass is 202 g/mol. The van der Waals surface area contributed by atoms with Crippen LogP contribution in [0.5, 0.6) is 0 Å². The van der Waals surface area contributed by atoms with E-state index in [1.165, 1.54) is 6.07 Å². The Hall–Kier alpha value is -1.77. The highest BCUT2D eigenvalue weighted by Gasteiger charge is 2.38. The maximum atomic E-state index is 11.8. The van der Waals surface area contributed by atoms with Gasteiger partial charge >= 0.3 is 0 Å². The van der Waals surface area contributed by atoms with E-state index in [1.807, 2.05) is 0 Å².